The summed E-state index contributed by atoms with van der Waals surface area (Å²) in [6.07, 6.45) is 0. The van der Waals surface area contributed by atoms with Crippen molar-refractivity contribution in [2.24, 2.45) is 4.99 Å². The molecule has 2 nitrogen and oxygen atoms in total. The van der Waals surface area contributed by atoms with Gasteiger partial charge in [0.1, 0.15) is 11.2 Å². The molecule has 1 aromatic heterocycles. The van der Waals surface area contributed by atoms with Gasteiger partial charge in [0.25, 0.3) is 0 Å². The summed E-state index contributed by atoms with van der Waals surface area (Å²) in [5.74, 6) is 0. The Labute approximate surface area is 92.9 Å². The molecule has 0 bridgehead atoms. The number of hydrogen-bond acceptors (Lipinski definition) is 2. The minimum atomic E-state index is 0.877. The Hall–Kier alpha value is -2.09. The lowest BCUT2D eigenvalue weighted by Gasteiger charge is -2.02. The summed E-state index contributed by atoms with van der Waals surface area (Å²) in [7, 11) is 1.81. The highest BCUT2D eigenvalue weighted by molar-refractivity contribution is 5.89. The maximum Gasteiger partial charge on any atom is 0.136 e. The molecule has 0 saturated carbocycles. The monoisotopic (exact) mass is 209 g/mol. The molecule has 3 rings (SSSR count). The molecular formula is C14H11NO. The summed E-state index contributed by atoms with van der Waals surface area (Å²) < 4.78 is 5.83. The van der Waals surface area contributed by atoms with E-state index in [0.29, 0.717) is 0 Å². The van der Waals surface area contributed by atoms with Crippen molar-refractivity contribution < 1.29 is 4.42 Å². The average molecular weight is 209 g/mol. The van der Waals surface area contributed by atoms with E-state index in [1.807, 2.05) is 55.6 Å². The number of hydrogen-bond donors (Lipinski definition) is 0. The standard InChI is InChI=1S/C14H11NO/c1-15-14-10-6-2-4-8-12(10)16-13-9-5-3-7-11(13)14/h2-9H,1H3. The lowest BCUT2D eigenvalue weighted by atomic mass is 10.1. The van der Waals surface area contributed by atoms with Gasteiger partial charge in [0.2, 0.25) is 0 Å². The lowest BCUT2D eigenvalue weighted by Crippen LogP contribution is -2.04. The van der Waals surface area contributed by atoms with Gasteiger partial charge in [-0.05, 0) is 24.3 Å². The number of para-hydroxylation sites is 2. The van der Waals surface area contributed by atoms with Crippen LogP contribution in [0.1, 0.15) is 0 Å². The van der Waals surface area contributed by atoms with Crippen LogP contribution in [0.4, 0.5) is 0 Å². The summed E-state index contributed by atoms with van der Waals surface area (Å²) in [6.45, 7) is 0. The Balaban J connectivity index is 2.68. The summed E-state index contributed by atoms with van der Waals surface area (Å²) in [6, 6.07) is 16.0. The lowest BCUT2D eigenvalue weighted by molar-refractivity contribution is 0.659. The largest absolute Gasteiger partial charge is 0.456 e. The van der Waals surface area contributed by atoms with E-state index in [1.54, 1.807) is 0 Å². The zero-order valence-corrected chi connectivity index (χ0v) is 8.97. The molecule has 0 atom stereocenters. The van der Waals surface area contributed by atoms with E-state index < -0.39 is 0 Å². The first-order valence-corrected chi connectivity index (χ1v) is 5.23. The number of nitrogens with zero attached hydrogens (tertiary/aromatic N) is 1. The fraction of sp³-hybridized carbons (Fsp3) is 0.0714. The molecule has 0 unspecified atom stereocenters. The SMILES string of the molecule is CN=c1c2ccccc2oc2ccccc12. The molecule has 1 heterocycles. The Morgan fingerprint density at radius 1 is 0.812 bits per heavy atom. The van der Waals surface area contributed by atoms with Gasteiger partial charge >= 0.3 is 0 Å². The van der Waals surface area contributed by atoms with Crippen molar-refractivity contribution in [3.63, 3.8) is 0 Å². The predicted octanol–water partition coefficient (Wildman–Crippen LogP) is 3.12. The fourth-order valence-electron chi connectivity index (χ4n) is 2.01. The molecular weight excluding hydrogens is 198 g/mol. The smallest absolute Gasteiger partial charge is 0.136 e. The van der Waals surface area contributed by atoms with Gasteiger partial charge in [-0.25, -0.2) is 0 Å². The highest BCUT2D eigenvalue weighted by atomic mass is 16.3. The molecule has 0 radical (unpaired) electrons. The first-order valence-electron chi connectivity index (χ1n) is 5.23. The number of fused-ring (bicyclic) bond motifs is 2. The van der Waals surface area contributed by atoms with Gasteiger partial charge in [-0.1, -0.05) is 24.3 Å². The molecule has 0 amide bonds. The minimum absolute atomic E-state index is 0.877. The van der Waals surface area contributed by atoms with Crippen LogP contribution in [0.2, 0.25) is 0 Å². The molecule has 0 spiro atoms. The highest BCUT2D eigenvalue weighted by Crippen LogP contribution is 2.17. The van der Waals surface area contributed by atoms with E-state index in [1.165, 1.54) is 0 Å². The van der Waals surface area contributed by atoms with E-state index in [9.17, 15) is 0 Å². The Kier molecular flexibility index (Phi) is 2.00. The quantitative estimate of drug-likeness (QED) is 0.522. The first kappa shape index (κ1) is 9.16. The minimum Gasteiger partial charge on any atom is -0.456 e. The van der Waals surface area contributed by atoms with Gasteiger partial charge in [-0.3, -0.25) is 4.99 Å². The second kappa shape index (κ2) is 3.49. The van der Waals surface area contributed by atoms with Gasteiger partial charge in [-0.15, -0.1) is 0 Å². The van der Waals surface area contributed by atoms with Crippen molar-refractivity contribution in [2.75, 3.05) is 7.05 Å². The number of rotatable bonds is 0. The maximum atomic E-state index is 5.83. The molecule has 2 aromatic carbocycles. The van der Waals surface area contributed by atoms with Crippen molar-refractivity contribution in [3.05, 3.63) is 53.9 Å². The zero-order valence-electron chi connectivity index (χ0n) is 8.97. The van der Waals surface area contributed by atoms with Crippen LogP contribution in [0.15, 0.2) is 57.9 Å². The molecule has 2 heteroatoms. The third-order valence-corrected chi connectivity index (χ3v) is 2.73. The van der Waals surface area contributed by atoms with Crippen molar-refractivity contribution in [2.45, 2.75) is 0 Å². The molecule has 0 saturated heterocycles. The molecule has 78 valence electrons. The van der Waals surface area contributed by atoms with Crippen LogP contribution in [0.3, 0.4) is 0 Å². The Morgan fingerprint density at radius 3 is 1.81 bits per heavy atom. The second-order valence-electron chi connectivity index (χ2n) is 3.67. The van der Waals surface area contributed by atoms with Crippen LogP contribution in [0, 0.1) is 0 Å². The third kappa shape index (κ3) is 1.23. The van der Waals surface area contributed by atoms with Gasteiger partial charge in [0.05, 0.1) is 5.36 Å². The van der Waals surface area contributed by atoms with Gasteiger partial charge in [0.15, 0.2) is 0 Å². The molecule has 0 aliphatic carbocycles. The molecule has 0 fully saturated rings. The summed E-state index contributed by atoms with van der Waals surface area (Å²) in [5, 5.41) is 3.12. The van der Waals surface area contributed by atoms with Crippen LogP contribution in [0.5, 0.6) is 0 Å². The van der Waals surface area contributed by atoms with Crippen LogP contribution < -0.4 is 5.36 Å². The van der Waals surface area contributed by atoms with Crippen LogP contribution in [-0.2, 0) is 0 Å². The summed E-state index contributed by atoms with van der Waals surface area (Å²) >= 11 is 0. The fourth-order valence-corrected chi connectivity index (χ4v) is 2.01. The second-order valence-corrected chi connectivity index (χ2v) is 3.67. The van der Waals surface area contributed by atoms with E-state index in [4.69, 9.17) is 4.42 Å². The van der Waals surface area contributed by atoms with Crippen molar-refractivity contribution >= 4 is 21.9 Å². The normalized spacial score (nSPS) is 10.8. The maximum absolute atomic E-state index is 5.83. The van der Waals surface area contributed by atoms with Gasteiger partial charge in [-0.2, -0.15) is 0 Å². The Bertz CT molecular complexity index is 668. The van der Waals surface area contributed by atoms with Crippen LogP contribution in [-0.4, -0.2) is 7.05 Å². The van der Waals surface area contributed by atoms with Crippen LogP contribution in [0.25, 0.3) is 21.9 Å². The van der Waals surface area contributed by atoms with Gasteiger partial charge in [0, 0.05) is 17.8 Å². The zero-order chi connectivity index (χ0) is 11.0. The van der Waals surface area contributed by atoms with Gasteiger partial charge < -0.3 is 4.42 Å². The van der Waals surface area contributed by atoms with E-state index in [-0.39, 0.29) is 0 Å². The Morgan fingerprint density at radius 2 is 1.31 bits per heavy atom. The van der Waals surface area contributed by atoms with Crippen molar-refractivity contribution in [1.29, 1.82) is 0 Å². The average Bonchev–Trinajstić information content (AvgIpc) is 2.36. The van der Waals surface area contributed by atoms with Crippen molar-refractivity contribution in [3.8, 4) is 0 Å². The molecule has 0 aliphatic heterocycles. The third-order valence-electron chi connectivity index (χ3n) is 2.73. The first-order chi connectivity index (χ1) is 7.90. The van der Waals surface area contributed by atoms with E-state index >= 15 is 0 Å². The van der Waals surface area contributed by atoms with Crippen molar-refractivity contribution in [1.82, 2.24) is 0 Å². The molecule has 16 heavy (non-hydrogen) atoms. The summed E-state index contributed by atoms with van der Waals surface area (Å²) in [5.41, 5.74) is 1.75. The molecule has 0 aliphatic rings. The highest BCUT2D eigenvalue weighted by Gasteiger charge is 2.03. The molecule has 3 aromatic rings. The molecule has 0 N–H and O–H groups in total. The van der Waals surface area contributed by atoms with Crippen LogP contribution >= 0.6 is 0 Å². The topological polar surface area (TPSA) is 25.5 Å². The van der Waals surface area contributed by atoms with E-state index in [2.05, 4.69) is 4.99 Å². The van der Waals surface area contributed by atoms with E-state index in [0.717, 1.165) is 27.3 Å². The number of benzene rings is 2. The summed E-state index contributed by atoms with van der Waals surface area (Å²) in [4.78, 5) is 4.37. The predicted molar refractivity (Wildman–Crippen MR) is 65.2 cm³/mol.